The van der Waals surface area contributed by atoms with Gasteiger partial charge in [0.1, 0.15) is 11.3 Å². The Kier molecular flexibility index (Phi) is 4.70. The van der Waals surface area contributed by atoms with Crippen molar-refractivity contribution in [2.24, 2.45) is 7.05 Å². The minimum absolute atomic E-state index is 0.00616. The number of hydrogen-bond acceptors (Lipinski definition) is 5. The third-order valence-electron chi connectivity index (χ3n) is 5.55. The summed E-state index contributed by atoms with van der Waals surface area (Å²) in [5.41, 5.74) is -1.71. The molecule has 8 nitrogen and oxygen atoms in total. The molecular weight excluding hydrogens is 437 g/mol. The summed E-state index contributed by atoms with van der Waals surface area (Å²) in [6, 6.07) is 2.20. The molecule has 1 aliphatic carbocycles. The fraction of sp³-hybridized carbons (Fsp3) is 0.368. The topological polar surface area (TPSA) is 118 Å². The van der Waals surface area contributed by atoms with Crippen molar-refractivity contribution in [2.45, 2.75) is 36.3 Å². The third kappa shape index (κ3) is 3.39. The molecule has 2 N–H and O–H groups in total. The van der Waals surface area contributed by atoms with Gasteiger partial charge >= 0.3 is 12.1 Å². The predicted octanol–water partition coefficient (Wildman–Crippen LogP) is 3.52. The van der Waals surface area contributed by atoms with E-state index in [0.29, 0.717) is 24.6 Å². The van der Waals surface area contributed by atoms with E-state index in [2.05, 4.69) is 15.0 Å². The number of pyridine rings is 2. The van der Waals surface area contributed by atoms with E-state index in [-0.39, 0.29) is 33.3 Å². The molecule has 3 aromatic rings. The first-order chi connectivity index (χ1) is 14.4. The summed E-state index contributed by atoms with van der Waals surface area (Å²) in [6.07, 6.45) is -1.81. The lowest BCUT2D eigenvalue weighted by Gasteiger charge is -2.13. The van der Waals surface area contributed by atoms with Crippen molar-refractivity contribution in [3.63, 3.8) is 0 Å². The minimum Gasteiger partial charge on any atom is -0.481 e. The zero-order valence-electron chi connectivity index (χ0n) is 16.5. The Morgan fingerprint density at radius 1 is 1.26 bits per heavy atom. The van der Waals surface area contributed by atoms with Crippen molar-refractivity contribution in [3.05, 3.63) is 35.7 Å². The summed E-state index contributed by atoms with van der Waals surface area (Å²) in [7, 11) is -2.09. The van der Waals surface area contributed by atoms with Crippen LogP contribution in [0.2, 0.25) is 0 Å². The summed E-state index contributed by atoms with van der Waals surface area (Å²) < 4.78 is 63.9. The van der Waals surface area contributed by atoms with Crippen LogP contribution in [0.1, 0.15) is 30.9 Å². The van der Waals surface area contributed by atoms with Gasteiger partial charge in [-0.05, 0) is 31.4 Å². The molecule has 164 valence electrons. The van der Waals surface area contributed by atoms with Gasteiger partial charge in [-0.15, -0.1) is 0 Å². The van der Waals surface area contributed by atoms with Crippen LogP contribution >= 0.6 is 0 Å². The number of nitrogens with zero attached hydrogens (tertiary/aromatic N) is 4. The minimum atomic E-state index is -4.60. The van der Waals surface area contributed by atoms with E-state index in [4.69, 9.17) is 0 Å². The van der Waals surface area contributed by atoms with E-state index < -0.39 is 33.3 Å². The van der Waals surface area contributed by atoms with Gasteiger partial charge in [0.25, 0.3) is 0 Å². The van der Waals surface area contributed by atoms with E-state index in [0.717, 1.165) is 6.07 Å². The highest BCUT2D eigenvalue weighted by atomic mass is 32.3. The lowest BCUT2D eigenvalue weighted by Crippen LogP contribution is -2.22. The van der Waals surface area contributed by atoms with Gasteiger partial charge in [-0.1, -0.05) is 4.21 Å². The van der Waals surface area contributed by atoms with Crippen LogP contribution in [0.4, 0.5) is 13.2 Å². The highest BCUT2D eigenvalue weighted by molar-refractivity contribution is 7.97. The number of carboxylic acid groups (broad SMARTS) is 1. The SMILES string of the molecule is CC[S+](=O)(O)c1cc(C2(C(=O)O)CC2)cnc1-c1nc2cc(C(F)(F)F)cnc2n1C. The molecule has 0 saturated heterocycles. The lowest BCUT2D eigenvalue weighted by atomic mass is 9.98. The van der Waals surface area contributed by atoms with E-state index in [1.54, 1.807) is 0 Å². The monoisotopic (exact) mass is 455 g/mol. The third-order valence-corrected chi connectivity index (χ3v) is 7.33. The molecule has 3 aromatic heterocycles. The summed E-state index contributed by atoms with van der Waals surface area (Å²) in [4.78, 5) is 23.8. The van der Waals surface area contributed by atoms with Crippen molar-refractivity contribution < 1.29 is 31.8 Å². The zero-order chi connectivity index (χ0) is 22.8. The number of carbonyl (C=O) groups is 1. The van der Waals surface area contributed by atoms with Crippen molar-refractivity contribution in [3.8, 4) is 11.5 Å². The van der Waals surface area contributed by atoms with Crippen LogP contribution in [0, 0.1) is 0 Å². The smallest absolute Gasteiger partial charge is 0.417 e. The van der Waals surface area contributed by atoms with Gasteiger partial charge in [0, 0.05) is 25.5 Å². The quantitative estimate of drug-likeness (QED) is 0.565. The molecule has 4 rings (SSSR count). The summed E-state index contributed by atoms with van der Waals surface area (Å²) in [6.45, 7) is 1.50. The van der Waals surface area contributed by atoms with Gasteiger partial charge in [0.05, 0.1) is 11.0 Å². The summed E-state index contributed by atoms with van der Waals surface area (Å²) in [5, 5.41) is 9.55. The normalized spacial score (nSPS) is 17.5. The van der Waals surface area contributed by atoms with Crippen LogP contribution in [-0.4, -0.2) is 40.9 Å². The first-order valence-electron chi connectivity index (χ1n) is 9.29. The Balaban J connectivity index is 1.93. The molecule has 0 aromatic carbocycles. The number of halogens is 3. The van der Waals surface area contributed by atoms with E-state index >= 15 is 0 Å². The van der Waals surface area contributed by atoms with Gasteiger partial charge in [0.2, 0.25) is 15.1 Å². The second-order valence-electron chi connectivity index (χ2n) is 7.45. The van der Waals surface area contributed by atoms with Crippen LogP contribution in [-0.2, 0) is 37.9 Å². The maximum Gasteiger partial charge on any atom is 0.417 e. The number of carboxylic acids is 1. The second kappa shape index (κ2) is 6.82. The molecule has 3 heterocycles. The molecule has 1 unspecified atom stereocenters. The van der Waals surface area contributed by atoms with Crippen LogP contribution in [0.3, 0.4) is 0 Å². The number of rotatable bonds is 5. The molecule has 1 atom stereocenters. The van der Waals surface area contributed by atoms with E-state index in [1.807, 2.05) is 0 Å². The van der Waals surface area contributed by atoms with Crippen LogP contribution in [0.5, 0.6) is 0 Å². The Morgan fingerprint density at radius 2 is 1.94 bits per heavy atom. The molecule has 1 fully saturated rings. The first kappa shape index (κ1) is 21.4. The largest absolute Gasteiger partial charge is 0.481 e. The molecule has 0 radical (unpaired) electrons. The number of fused-ring (bicyclic) bond motifs is 1. The maximum absolute atomic E-state index is 13.0. The van der Waals surface area contributed by atoms with Gasteiger partial charge in [-0.2, -0.15) is 17.7 Å². The van der Waals surface area contributed by atoms with Gasteiger partial charge in [-0.25, -0.2) is 15.0 Å². The number of aliphatic carboxylic acids is 1. The van der Waals surface area contributed by atoms with Crippen molar-refractivity contribution in [1.82, 2.24) is 19.5 Å². The Morgan fingerprint density at radius 3 is 2.48 bits per heavy atom. The molecule has 31 heavy (non-hydrogen) atoms. The van der Waals surface area contributed by atoms with Gasteiger partial charge in [0.15, 0.2) is 17.2 Å². The molecular formula is C19H18F3N4O4S+. The Labute approximate surface area is 175 Å². The van der Waals surface area contributed by atoms with Crippen molar-refractivity contribution in [2.75, 3.05) is 5.75 Å². The summed E-state index contributed by atoms with van der Waals surface area (Å²) >= 11 is 0. The Hall–Kier alpha value is -2.86. The number of imidazole rings is 1. The lowest BCUT2D eigenvalue weighted by molar-refractivity contribution is -0.140. The fourth-order valence-corrected chi connectivity index (χ4v) is 4.53. The average Bonchev–Trinajstić information content (AvgIpc) is 3.46. The number of alkyl halides is 3. The standard InChI is InChI=1S/C19H17F3N4O4S/c1-3-31(29,30)13-7-10(18(4-5-18)17(27)28)8-23-14(13)16-25-12-6-11(19(20,21)22)9-24-15(12)26(16)2/h6-9H,3-5H2,1-2H3,(H-,27,28,29,30)/p+1. The maximum atomic E-state index is 13.0. The molecule has 0 bridgehead atoms. The predicted molar refractivity (Wildman–Crippen MR) is 105 cm³/mol. The van der Waals surface area contributed by atoms with Gasteiger partial charge in [-0.3, -0.25) is 4.79 Å². The second-order valence-corrected chi connectivity index (χ2v) is 9.74. The average molecular weight is 455 g/mol. The summed E-state index contributed by atoms with van der Waals surface area (Å²) in [5.74, 6) is -1.15. The van der Waals surface area contributed by atoms with Crippen LogP contribution < -0.4 is 0 Å². The Bertz CT molecular complexity index is 1270. The van der Waals surface area contributed by atoms with E-state index in [1.165, 1.54) is 30.8 Å². The van der Waals surface area contributed by atoms with Crippen molar-refractivity contribution in [1.29, 1.82) is 0 Å². The highest BCUT2D eigenvalue weighted by Crippen LogP contribution is 2.49. The molecule has 0 aliphatic heterocycles. The fourth-order valence-electron chi connectivity index (χ4n) is 3.47. The first-order valence-corrected chi connectivity index (χ1v) is 11.0. The number of hydrogen-bond donors (Lipinski definition) is 2. The molecule has 1 saturated carbocycles. The van der Waals surface area contributed by atoms with Crippen LogP contribution in [0.25, 0.3) is 22.7 Å². The molecule has 0 amide bonds. The van der Waals surface area contributed by atoms with Gasteiger partial charge < -0.3 is 9.67 Å². The van der Waals surface area contributed by atoms with Crippen molar-refractivity contribution >= 4 is 27.3 Å². The molecule has 12 heteroatoms. The molecule has 0 spiro atoms. The number of aryl methyl sites for hydroxylation is 1. The number of aromatic nitrogens is 4. The van der Waals surface area contributed by atoms with Crippen LogP contribution in [0.15, 0.2) is 29.4 Å². The highest BCUT2D eigenvalue weighted by Gasteiger charge is 2.53. The zero-order valence-corrected chi connectivity index (χ0v) is 17.3. The molecule has 1 aliphatic rings. The van der Waals surface area contributed by atoms with E-state index in [9.17, 15) is 31.8 Å².